The van der Waals surface area contributed by atoms with Crippen molar-refractivity contribution < 1.29 is 14.7 Å². The normalized spacial score (nSPS) is 15.1. The van der Waals surface area contributed by atoms with E-state index in [2.05, 4.69) is 16.0 Å². The molecule has 0 fully saturated rings. The Balaban J connectivity index is 2.39. The van der Waals surface area contributed by atoms with E-state index in [-0.39, 0.29) is 11.5 Å². The van der Waals surface area contributed by atoms with Gasteiger partial charge in [-0.15, -0.1) is 0 Å². The number of rotatable bonds is 10. The molecular weight excluding hydrogens is 428 g/mol. The molecule has 2 amide bonds. The monoisotopic (exact) mass is 466 g/mol. The smallest absolute Gasteiger partial charge is 0.315 e. The average molecular weight is 467 g/mol. The highest BCUT2D eigenvalue weighted by Gasteiger charge is 2.44. The number of urea groups is 1. The van der Waals surface area contributed by atoms with Gasteiger partial charge < -0.3 is 21.5 Å². The molecule has 0 aliphatic rings. The molecule has 3 unspecified atom stereocenters. The van der Waals surface area contributed by atoms with Crippen LogP contribution in [0.15, 0.2) is 60.7 Å². The molecule has 0 saturated carbocycles. The van der Waals surface area contributed by atoms with Crippen molar-refractivity contribution >= 4 is 17.5 Å². The summed E-state index contributed by atoms with van der Waals surface area (Å²) in [4.78, 5) is 25.0. The molecule has 2 aromatic carbocycles. The summed E-state index contributed by atoms with van der Waals surface area (Å²) >= 11 is 0. The van der Waals surface area contributed by atoms with Crippen LogP contribution in [0.3, 0.4) is 0 Å². The summed E-state index contributed by atoms with van der Waals surface area (Å²) in [5.41, 5.74) is 6.64. The van der Waals surface area contributed by atoms with Gasteiger partial charge in [-0.1, -0.05) is 74.5 Å². The zero-order valence-corrected chi connectivity index (χ0v) is 20.8. The number of carbonyl (C=O) groups excluding carboxylic acids is 2. The van der Waals surface area contributed by atoms with Crippen molar-refractivity contribution in [3.05, 3.63) is 71.8 Å². The van der Waals surface area contributed by atoms with E-state index >= 15 is 0 Å². The second kappa shape index (κ2) is 12.0. The molecule has 184 valence electrons. The van der Waals surface area contributed by atoms with Gasteiger partial charge in [-0.25, -0.2) is 9.59 Å². The van der Waals surface area contributed by atoms with Crippen molar-refractivity contribution in [3.8, 4) is 0 Å². The Hall–Kier alpha value is -2.96. The number of carbonyl (C=O) groups is 1. The zero-order valence-electron chi connectivity index (χ0n) is 20.8. The first-order valence-corrected chi connectivity index (χ1v) is 11.6. The van der Waals surface area contributed by atoms with Gasteiger partial charge in [0, 0.05) is 12.1 Å². The van der Waals surface area contributed by atoms with E-state index in [0.29, 0.717) is 18.5 Å². The van der Waals surface area contributed by atoms with Gasteiger partial charge >= 0.3 is 6.03 Å². The molecule has 3 atom stereocenters. The highest BCUT2D eigenvalue weighted by molar-refractivity contribution is 5.92. The van der Waals surface area contributed by atoms with Crippen molar-refractivity contribution in [3.63, 3.8) is 0 Å². The van der Waals surface area contributed by atoms with E-state index < -0.39 is 29.4 Å². The lowest BCUT2D eigenvalue weighted by Gasteiger charge is -2.44. The van der Waals surface area contributed by atoms with E-state index in [1.807, 2.05) is 77.0 Å². The van der Waals surface area contributed by atoms with E-state index in [1.165, 1.54) is 0 Å². The first kappa shape index (κ1) is 27.3. The number of amides is 2. The van der Waals surface area contributed by atoms with Gasteiger partial charge in [-0.2, -0.15) is 0 Å². The minimum atomic E-state index is -1.33. The van der Waals surface area contributed by atoms with Crippen LogP contribution in [0.4, 0.5) is 4.79 Å². The van der Waals surface area contributed by atoms with Crippen LogP contribution < -0.4 is 21.7 Å². The molecule has 2 rings (SSSR count). The minimum Gasteiger partial charge on any atom is -0.387 e. The summed E-state index contributed by atoms with van der Waals surface area (Å²) < 4.78 is 0. The van der Waals surface area contributed by atoms with Crippen LogP contribution in [-0.4, -0.2) is 40.4 Å². The molecule has 0 bridgehead atoms. The topological polar surface area (TPSA) is 116 Å². The van der Waals surface area contributed by atoms with Gasteiger partial charge in [0.2, 0.25) is 0 Å². The minimum absolute atomic E-state index is 0.122. The van der Waals surface area contributed by atoms with E-state index in [0.717, 1.165) is 5.56 Å². The van der Waals surface area contributed by atoms with Gasteiger partial charge in [0.05, 0.1) is 17.3 Å². The first-order chi connectivity index (χ1) is 15.9. The first-order valence-electron chi connectivity index (χ1n) is 11.6. The zero-order chi connectivity index (χ0) is 25.4. The maximum Gasteiger partial charge on any atom is 0.315 e. The number of hydrogen-bond donors (Lipinski definition) is 5. The summed E-state index contributed by atoms with van der Waals surface area (Å²) in [7, 11) is 0. The van der Waals surface area contributed by atoms with Crippen LogP contribution in [0.25, 0.3) is 5.57 Å². The Kier molecular flexibility index (Phi) is 9.59. The molecule has 0 spiro atoms. The fourth-order valence-corrected chi connectivity index (χ4v) is 4.12. The lowest BCUT2D eigenvalue weighted by atomic mass is 9.83. The fourth-order valence-electron chi connectivity index (χ4n) is 4.12. The molecule has 0 saturated heterocycles. The second-order valence-corrected chi connectivity index (χ2v) is 10.1. The van der Waals surface area contributed by atoms with E-state index in [4.69, 9.17) is 5.73 Å². The molecule has 0 aliphatic heterocycles. The molecule has 0 aromatic heterocycles. The number of aliphatic hydroxyl groups is 1. The predicted molar refractivity (Wildman–Crippen MR) is 136 cm³/mol. The van der Waals surface area contributed by atoms with Crippen molar-refractivity contribution in [2.75, 3.05) is 0 Å². The standard InChI is InChI=1S/C27H38N4O3/c1-19(2)16-27(28,31-26(3,4)5)24(33)23(22(18-32)21-14-10-7-11-15-21)30-25(34)29-17-20-12-8-6-9-13-20/h6-15,19,23-24,31,33H,16-17,28H2,1-5H3,(H2,29,30,34). The van der Waals surface area contributed by atoms with Crippen molar-refractivity contribution in [2.24, 2.45) is 11.7 Å². The molecule has 0 heterocycles. The van der Waals surface area contributed by atoms with Crippen LogP contribution in [0.2, 0.25) is 0 Å². The van der Waals surface area contributed by atoms with E-state index in [9.17, 15) is 14.7 Å². The third-order valence-corrected chi connectivity index (χ3v) is 5.29. The SMILES string of the molecule is CC(C)CC(N)(NC(C)(C)C)C(O)C(NC(=O)NCc1ccccc1)C(=C=O)c1ccccc1. The third-order valence-electron chi connectivity index (χ3n) is 5.29. The number of aliphatic hydroxyl groups excluding tert-OH is 1. The maximum atomic E-state index is 12.9. The lowest BCUT2D eigenvalue weighted by molar-refractivity contribution is 0.0198. The van der Waals surface area contributed by atoms with Gasteiger partial charge in [0.15, 0.2) is 0 Å². The summed E-state index contributed by atoms with van der Waals surface area (Å²) in [5, 5.41) is 20.5. The second-order valence-electron chi connectivity index (χ2n) is 10.1. The molecule has 7 heteroatoms. The average Bonchev–Trinajstić information content (AvgIpc) is 2.76. The van der Waals surface area contributed by atoms with Crippen molar-refractivity contribution in [1.82, 2.24) is 16.0 Å². The Bertz CT molecular complexity index is 966. The van der Waals surface area contributed by atoms with Crippen LogP contribution in [0, 0.1) is 5.92 Å². The Morgan fingerprint density at radius 3 is 2.09 bits per heavy atom. The van der Waals surface area contributed by atoms with Gasteiger partial charge in [-0.3, -0.25) is 5.32 Å². The highest BCUT2D eigenvalue weighted by atomic mass is 16.3. The van der Waals surface area contributed by atoms with Crippen molar-refractivity contribution in [2.45, 2.75) is 70.9 Å². The predicted octanol–water partition coefficient (Wildman–Crippen LogP) is 3.22. The van der Waals surface area contributed by atoms with Crippen LogP contribution in [0.1, 0.15) is 52.2 Å². The van der Waals surface area contributed by atoms with Gasteiger partial charge in [0.1, 0.15) is 12.0 Å². The van der Waals surface area contributed by atoms with Crippen LogP contribution in [-0.2, 0) is 11.3 Å². The lowest BCUT2D eigenvalue weighted by Crippen LogP contribution is -2.71. The largest absolute Gasteiger partial charge is 0.387 e. The molecule has 34 heavy (non-hydrogen) atoms. The quantitative estimate of drug-likeness (QED) is 0.272. The summed E-state index contributed by atoms with van der Waals surface area (Å²) in [6, 6.07) is 16.7. The number of benzene rings is 2. The summed E-state index contributed by atoms with van der Waals surface area (Å²) in [6.07, 6.45) is -0.913. The van der Waals surface area contributed by atoms with Crippen LogP contribution >= 0.6 is 0 Å². The summed E-state index contributed by atoms with van der Waals surface area (Å²) in [5.74, 6) is 2.09. The molecule has 6 N–H and O–H groups in total. The Morgan fingerprint density at radius 2 is 1.59 bits per heavy atom. The number of hydrogen-bond acceptors (Lipinski definition) is 5. The van der Waals surface area contributed by atoms with Gasteiger partial charge in [-0.05, 0) is 44.2 Å². The molecule has 2 aromatic rings. The fraction of sp³-hybridized carbons (Fsp3) is 0.444. The summed E-state index contributed by atoms with van der Waals surface area (Å²) in [6.45, 7) is 10.1. The molecule has 0 aliphatic carbocycles. The molecule has 7 nitrogen and oxygen atoms in total. The van der Waals surface area contributed by atoms with Crippen LogP contribution in [0.5, 0.6) is 0 Å². The molecule has 0 radical (unpaired) electrons. The van der Waals surface area contributed by atoms with Gasteiger partial charge in [0.25, 0.3) is 0 Å². The number of nitrogens with two attached hydrogens (primary N) is 1. The third kappa shape index (κ3) is 8.12. The Morgan fingerprint density at radius 1 is 1.03 bits per heavy atom. The molecular formula is C27H38N4O3. The number of nitrogens with one attached hydrogen (secondary N) is 3. The maximum absolute atomic E-state index is 12.9. The van der Waals surface area contributed by atoms with Crippen molar-refractivity contribution in [1.29, 1.82) is 0 Å². The van der Waals surface area contributed by atoms with E-state index in [1.54, 1.807) is 24.3 Å². The Labute approximate surface area is 202 Å². The highest BCUT2D eigenvalue weighted by Crippen LogP contribution is 2.27.